The van der Waals surface area contributed by atoms with Crippen LogP contribution in [0.15, 0.2) is 18.2 Å². The van der Waals surface area contributed by atoms with Gasteiger partial charge in [-0.3, -0.25) is 15.4 Å². The van der Waals surface area contributed by atoms with Crippen molar-refractivity contribution in [1.82, 2.24) is 0 Å². The van der Waals surface area contributed by atoms with Crippen LogP contribution in [-0.2, 0) is 9.53 Å². The summed E-state index contributed by atoms with van der Waals surface area (Å²) in [5, 5.41) is 0. The summed E-state index contributed by atoms with van der Waals surface area (Å²) in [6, 6.07) is 4.59. The maximum atomic E-state index is 11.7. The van der Waals surface area contributed by atoms with Crippen LogP contribution in [0.2, 0.25) is 0 Å². The minimum Gasteiger partial charge on any atom is -0.466 e. The largest absolute Gasteiger partial charge is 0.466 e. The Morgan fingerprint density at radius 2 is 2.18 bits per heavy atom. The smallest absolute Gasteiger partial charge is 0.313 e. The molecule has 0 radical (unpaired) electrons. The molecule has 6 nitrogen and oxygen atoms in total. The predicted molar refractivity (Wildman–Crippen MR) is 66.4 cm³/mol. The monoisotopic (exact) mass is 239 g/mol. The highest BCUT2D eigenvalue weighted by Crippen LogP contribution is 2.19. The van der Waals surface area contributed by atoms with E-state index >= 15 is 0 Å². The Labute approximate surface area is 100 Å². The van der Waals surface area contributed by atoms with Crippen molar-refractivity contribution in [2.45, 2.75) is 13.3 Å². The fourth-order valence-corrected chi connectivity index (χ4v) is 1.30. The Morgan fingerprint density at radius 3 is 2.76 bits per heavy atom. The van der Waals surface area contributed by atoms with Gasteiger partial charge in [0, 0.05) is 6.99 Å². The molecule has 6 heteroatoms. The first-order chi connectivity index (χ1) is 8.08. The van der Waals surface area contributed by atoms with Gasteiger partial charge >= 0.3 is 5.97 Å². The second kappa shape index (κ2) is 5.86. The molecule has 0 unspecified atom stereocenters. The van der Waals surface area contributed by atoms with Gasteiger partial charge in [0.1, 0.15) is 6.42 Å². The van der Waals surface area contributed by atoms with Gasteiger partial charge in [0.15, 0.2) is 5.78 Å². The predicted octanol–water partition coefficient (Wildman–Crippen LogP) is 0.936. The molecule has 0 amide bonds. The van der Waals surface area contributed by atoms with Crippen LogP contribution in [0.5, 0.6) is 0 Å². The molecule has 0 aliphatic carbocycles. The maximum absolute atomic E-state index is 11.7. The average molecular weight is 239 g/mol. The summed E-state index contributed by atoms with van der Waals surface area (Å²) in [6.45, 7) is 1.94. The third kappa shape index (κ3) is 3.46. The molecule has 0 aromatic heterocycles. The lowest BCUT2D eigenvalue weighted by atomic mass is 10.1. The van der Waals surface area contributed by atoms with Crippen molar-refractivity contribution < 1.29 is 15.8 Å². The summed E-state index contributed by atoms with van der Waals surface area (Å²) in [7, 11) is 0. The van der Waals surface area contributed by atoms with E-state index < -0.39 is 5.97 Å². The van der Waals surface area contributed by atoms with E-state index in [-0.39, 0.29) is 20.2 Å². The number of anilines is 2. The van der Waals surface area contributed by atoms with Gasteiger partial charge < -0.3 is 15.9 Å². The first-order valence-corrected chi connectivity index (χ1v) is 5.13. The second-order valence-corrected chi connectivity index (χ2v) is 3.35. The van der Waals surface area contributed by atoms with E-state index in [4.69, 9.17) is 11.6 Å². The van der Waals surface area contributed by atoms with Crippen molar-refractivity contribution in [2.24, 2.45) is 5.84 Å². The highest BCUT2D eigenvalue weighted by Gasteiger charge is 2.13. The lowest BCUT2D eigenvalue weighted by molar-refractivity contribution is -0.141. The zero-order valence-electron chi connectivity index (χ0n) is 9.53. The number of ketones is 1. The van der Waals surface area contributed by atoms with Crippen molar-refractivity contribution in [3.8, 4) is 0 Å². The SMILES string of the molecule is CCOC(=O)CC(=O)c1ccc(N)c(NN)c1.[HH]. The van der Waals surface area contributed by atoms with Crippen LogP contribution in [0.1, 0.15) is 25.1 Å². The Kier molecular flexibility index (Phi) is 4.47. The van der Waals surface area contributed by atoms with Crippen molar-refractivity contribution in [1.29, 1.82) is 0 Å². The number of ether oxygens (including phenoxy) is 1. The number of hydrogen-bond donors (Lipinski definition) is 3. The molecule has 0 heterocycles. The van der Waals surface area contributed by atoms with E-state index in [9.17, 15) is 9.59 Å². The van der Waals surface area contributed by atoms with Gasteiger partial charge in [-0.2, -0.15) is 0 Å². The fourth-order valence-electron chi connectivity index (χ4n) is 1.30. The molecule has 0 atom stereocenters. The molecule has 17 heavy (non-hydrogen) atoms. The fraction of sp³-hybridized carbons (Fsp3) is 0.273. The number of rotatable bonds is 5. The number of nitrogens with two attached hydrogens (primary N) is 2. The van der Waals surface area contributed by atoms with Gasteiger partial charge in [0.25, 0.3) is 0 Å². The molecule has 0 saturated heterocycles. The number of Topliss-reactive ketones (excluding diaryl/α,β-unsaturated/α-hetero) is 1. The molecule has 1 aromatic carbocycles. The second-order valence-electron chi connectivity index (χ2n) is 3.35. The highest BCUT2D eigenvalue weighted by molar-refractivity contribution is 6.06. The third-order valence-electron chi connectivity index (χ3n) is 2.14. The van der Waals surface area contributed by atoms with Crippen molar-refractivity contribution in [3.05, 3.63) is 23.8 Å². The summed E-state index contributed by atoms with van der Waals surface area (Å²) < 4.78 is 4.69. The van der Waals surface area contributed by atoms with Gasteiger partial charge in [0.05, 0.1) is 18.0 Å². The van der Waals surface area contributed by atoms with Gasteiger partial charge in [-0.25, -0.2) is 0 Å². The molecular weight excluding hydrogens is 222 g/mol. The number of carbonyl (C=O) groups is 2. The van der Waals surface area contributed by atoms with Gasteiger partial charge in [-0.05, 0) is 25.1 Å². The molecule has 0 fully saturated rings. The van der Waals surface area contributed by atoms with Crippen LogP contribution in [0.25, 0.3) is 0 Å². The Morgan fingerprint density at radius 1 is 1.47 bits per heavy atom. The minimum absolute atomic E-state index is 0. The molecule has 0 saturated carbocycles. The van der Waals surface area contributed by atoms with E-state index in [0.717, 1.165) is 0 Å². The first-order valence-electron chi connectivity index (χ1n) is 5.13. The summed E-state index contributed by atoms with van der Waals surface area (Å²) in [4.78, 5) is 22.8. The van der Waals surface area contributed by atoms with Crippen LogP contribution in [0, 0.1) is 0 Å². The quantitative estimate of drug-likeness (QED) is 0.176. The Hall–Kier alpha value is -2.08. The lowest BCUT2D eigenvalue weighted by Crippen LogP contribution is -2.13. The summed E-state index contributed by atoms with van der Waals surface area (Å²) in [5.74, 6) is 4.36. The van der Waals surface area contributed by atoms with E-state index in [2.05, 4.69) is 10.2 Å². The van der Waals surface area contributed by atoms with Crippen molar-refractivity contribution in [3.63, 3.8) is 0 Å². The van der Waals surface area contributed by atoms with E-state index in [1.54, 1.807) is 13.0 Å². The topological polar surface area (TPSA) is 107 Å². The average Bonchev–Trinajstić information content (AvgIpc) is 2.29. The molecule has 0 bridgehead atoms. The van der Waals surface area contributed by atoms with Gasteiger partial charge in [-0.1, -0.05) is 0 Å². The number of nitrogens with one attached hydrogen (secondary N) is 1. The van der Waals surface area contributed by atoms with Crippen LogP contribution < -0.4 is 17.0 Å². The van der Waals surface area contributed by atoms with Gasteiger partial charge in [-0.15, -0.1) is 0 Å². The number of nitrogen functional groups attached to an aromatic ring is 2. The molecule has 0 aliphatic heterocycles. The zero-order chi connectivity index (χ0) is 12.8. The summed E-state index contributed by atoms with van der Waals surface area (Å²) in [5.41, 5.74) is 9.22. The number of hydrogen-bond acceptors (Lipinski definition) is 6. The third-order valence-corrected chi connectivity index (χ3v) is 2.14. The number of esters is 1. The number of carbonyl (C=O) groups excluding carboxylic acids is 2. The van der Waals surface area contributed by atoms with Gasteiger partial charge in [0.2, 0.25) is 0 Å². The number of benzene rings is 1. The summed E-state index contributed by atoms with van der Waals surface area (Å²) in [6.07, 6.45) is -0.290. The van der Waals surface area contributed by atoms with Crippen LogP contribution in [-0.4, -0.2) is 18.4 Å². The molecule has 1 aromatic rings. The van der Waals surface area contributed by atoms with E-state index in [0.29, 0.717) is 16.9 Å². The van der Waals surface area contributed by atoms with Crippen LogP contribution in [0.3, 0.4) is 0 Å². The Balaban J connectivity index is 0.00000289. The van der Waals surface area contributed by atoms with E-state index in [1.165, 1.54) is 12.1 Å². The standard InChI is InChI=1S/C11H15N3O3.H2/c1-2-17-11(16)6-10(15)7-3-4-8(12)9(5-7)14-13;/h3-5,14H,2,6,12-13H2,1H3;1H. The molecule has 0 aliphatic rings. The summed E-state index contributed by atoms with van der Waals surface area (Å²) >= 11 is 0. The van der Waals surface area contributed by atoms with Crippen LogP contribution >= 0.6 is 0 Å². The minimum atomic E-state index is -0.545. The normalized spacial score (nSPS) is 9.76. The molecule has 0 spiro atoms. The van der Waals surface area contributed by atoms with Crippen molar-refractivity contribution in [2.75, 3.05) is 17.8 Å². The zero-order valence-corrected chi connectivity index (χ0v) is 9.53. The number of hydrazine groups is 1. The molecular formula is C11H17N3O3. The lowest BCUT2D eigenvalue weighted by Gasteiger charge is -2.07. The first kappa shape index (κ1) is 13.0. The maximum Gasteiger partial charge on any atom is 0.313 e. The molecule has 94 valence electrons. The molecule has 5 N–H and O–H groups in total. The Bertz CT molecular complexity index is 438. The van der Waals surface area contributed by atoms with E-state index in [1.807, 2.05) is 0 Å². The highest BCUT2D eigenvalue weighted by atomic mass is 16.5. The van der Waals surface area contributed by atoms with Crippen molar-refractivity contribution >= 4 is 23.1 Å². The molecule has 1 rings (SSSR count). The van der Waals surface area contributed by atoms with Crippen LogP contribution in [0.4, 0.5) is 11.4 Å².